The van der Waals surface area contributed by atoms with Crippen molar-refractivity contribution in [3.63, 3.8) is 0 Å². The third kappa shape index (κ3) is 5.59. The normalized spacial score (nSPS) is 25.7. The maximum Gasteiger partial charge on any atom is 0.410 e. The average Bonchev–Trinajstić information content (AvgIpc) is 3.49. The summed E-state index contributed by atoms with van der Waals surface area (Å²) < 4.78 is 11.9. The van der Waals surface area contributed by atoms with Gasteiger partial charge in [0.05, 0.1) is 10.6 Å². The first kappa shape index (κ1) is 29.9. The highest BCUT2D eigenvalue weighted by Crippen LogP contribution is 2.55. The number of amides is 2. The van der Waals surface area contributed by atoms with Gasteiger partial charge in [0.15, 0.2) is 11.5 Å². The van der Waals surface area contributed by atoms with Crippen molar-refractivity contribution in [1.29, 1.82) is 5.26 Å². The van der Waals surface area contributed by atoms with Crippen molar-refractivity contribution < 1.29 is 19.1 Å². The van der Waals surface area contributed by atoms with Crippen molar-refractivity contribution in [2.75, 3.05) is 31.1 Å². The van der Waals surface area contributed by atoms with Crippen molar-refractivity contribution in [2.45, 2.75) is 66.2 Å². The molecule has 0 radical (unpaired) electrons. The minimum Gasteiger partial charge on any atom is -0.489 e. The molecule has 42 heavy (non-hydrogen) atoms. The number of anilines is 1. The first-order valence-electron chi connectivity index (χ1n) is 14.3. The Kier molecular flexibility index (Phi) is 7.55. The molecule has 2 aromatic rings. The monoisotopic (exact) mass is 594 g/mol. The van der Waals surface area contributed by atoms with Gasteiger partial charge in [-0.1, -0.05) is 39.3 Å². The molecule has 11 heteroatoms. The summed E-state index contributed by atoms with van der Waals surface area (Å²) in [4.78, 5) is 29.7. The van der Waals surface area contributed by atoms with Gasteiger partial charge in [0.25, 0.3) is 5.91 Å². The van der Waals surface area contributed by atoms with Gasteiger partial charge in [-0.25, -0.2) is 4.79 Å². The zero-order chi connectivity index (χ0) is 30.6. The predicted molar refractivity (Wildman–Crippen MR) is 158 cm³/mol. The number of rotatable bonds is 5. The summed E-state index contributed by atoms with van der Waals surface area (Å²) in [6, 6.07) is 10.5. The lowest BCUT2D eigenvalue weighted by molar-refractivity contribution is -0.164. The van der Waals surface area contributed by atoms with E-state index in [2.05, 4.69) is 54.2 Å². The topological polar surface area (TPSA) is 121 Å². The summed E-state index contributed by atoms with van der Waals surface area (Å²) in [6.07, 6.45) is -0.457. The number of likely N-dealkylation sites (tertiary alicyclic amines) is 1. The molecule has 5 rings (SSSR count). The molecule has 2 amide bonds. The van der Waals surface area contributed by atoms with Gasteiger partial charge in [0.2, 0.25) is 0 Å². The summed E-state index contributed by atoms with van der Waals surface area (Å²) in [5.41, 5.74) is -0.624. The number of ether oxygens (including phenoxy) is 2. The highest BCUT2D eigenvalue weighted by Gasteiger charge is 2.64. The second-order valence-electron chi connectivity index (χ2n) is 13.9. The Bertz CT molecular complexity index is 1380. The number of carbonyl (C=O) groups excluding carboxylic acids is 2. The highest BCUT2D eigenvalue weighted by atomic mass is 35.5. The summed E-state index contributed by atoms with van der Waals surface area (Å²) in [6.45, 7) is 16.7. The molecular formula is C31H39ClN6O4. The van der Waals surface area contributed by atoms with Crippen LogP contribution in [0.15, 0.2) is 30.3 Å². The number of fused-ring (bicyclic) bond motifs is 1. The maximum absolute atomic E-state index is 13.2. The molecule has 1 aromatic heterocycles. The Hall–Kier alpha value is -3.58. The Labute approximate surface area is 252 Å². The van der Waals surface area contributed by atoms with E-state index < -0.39 is 5.60 Å². The molecule has 2 atom stereocenters. The van der Waals surface area contributed by atoms with Crippen LogP contribution in [0.25, 0.3) is 0 Å². The molecule has 224 valence electrons. The SMILES string of the molecule is CC(C)(C)OC(=O)N1CC2CN(c3ccc(C(=O)NC4C(C)(C)C(Oc5ccc(C#N)c(Cl)c5)C4(C)C)nn3)CC2C1. The van der Waals surface area contributed by atoms with Crippen LogP contribution in [0.5, 0.6) is 5.75 Å². The number of hydrogen-bond acceptors (Lipinski definition) is 8. The van der Waals surface area contributed by atoms with Crippen LogP contribution >= 0.6 is 11.6 Å². The van der Waals surface area contributed by atoms with Gasteiger partial charge < -0.3 is 24.6 Å². The summed E-state index contributed by atoms with van der Waals surface area (Å²) in [5, 5.41) is 21.3. The Balaban J connectivity index is 1.17. The van der Waals surface area contributed by atoms with Crippen LogP contribution in [0.4, 0.5) is 10.6 Å². The molecule has 1 N–H and O–H groups in total. The second-order valence-corrected chi connectivity index (χ2v) is 14.3. The highest BCUT2D eigenvalue weighted by molar-refractivity contribution is 6.31. The van der Waals surface area contributed by atoms with Gasteiger partial charge in [0.1, 0.15) is 23.5 Å². The zero-order valence-electron chi connectivity index (χ0n) is 25.3. The first-order chi connectivity index (χ1) is 19.6. The number of carbonyl (C=O) groups is 2. The molecule has 3 heterocycles. The molecule has 3 fully saturated rings. The van der Waals surface area contributed by atoms with Gasteiger partial charge in [-0.3, -0.25) is 4.79 Å². The molecular weight excluding hydrogens is 556 g/mol. The fourth-order valence-corrected chi connectivity index (χ4v) is 7.28. The minimum atomic E-state index is -0.509. The lowest BCUT2D eigenvalue weighted by Gasteiger charge is -2.63. The lowest BCUT2D eigenvalue weighted by Crippen LogP contribution is -2.74. The van der Waals surface area contributed by atoms with E-state index >= 15 is 0 Å². The van der Waals surface area contributed by atoms with E-state index in [1.54, 1.807) is 29.2 Å². The quantitative estimate of drug-likeness (QED) is 0.518. The summed E-state index contributed by atoms with van der Waals surface area (Å²) >= 11 is 6.20. The van der Waals surface area contributed by atoms with E-state index in [-0.39, 0.29) is 40.7 Å². The van der Waals surface area contributed by atoms with Gasteiger partial charge in [-0.15, -0.1) is 10.2 Å². The van der Waals surface area contributed by atoms with Crippen LogP contribution in [0.3, 0.4) is 0 Å². The summed E-state index contributed by atoms with van der Waals surface area (Å²) in [5.74, 6) is 1.72. The third-order valence-electron chi connectivity index (χ3n) is 8.77. The molecule has 1 aliphatic carbocycles. The largest absolute Gasteiger partial charge is 0.489 e. The van der Waals surface area contributed by atoms with Crippen LogP contribution in [0, 0.1) is 34.0 Å². The lowest BCUT2D eigenvalue weighted by atomic mass is 9.49. The zero-order valence-corrected chi connectivity index (χ0v) is 26.0. The van der Waals surface area contributed by atoms with Gasteiger partial charge in [-0.05, 0) is 45.0 Å². The van der Waals surface area contributed by atoms with Crippen molar-refractivity contribution in [3.8, 4) is 11.8 Å². The Morgan fingerprint density at radius 2 is 1.67 bits per heavy atom. The molecule has 10 nitrogen and oxygen atoms in total. The third-order valence-corrected chi connectivity index (χ3v) is 9.09. The first-order valence-corrected chi connectivity index (χ1v) is 14.7. The molecule has 2 saturated heterocycles. The fraction of sp³-hybridized carbons (Fsp3) is 0.581. The van der Waals surface area contributed by atoms with E-state index in [9.17, 15) is 9.59 Å². The second kappa shape index (κ2) is 10.6. The van der Waals surface area contributed by atoms with Crippen LogP contribution in [0.2, 0.25) is 5.02 Å². The molecule has 3 aliphatic rings. The van der Waals surface area contributed by atoms with Gasteiger partial charge >= 0.3 is 6.09 Å². The van der Waals surface area contributed by atoms with Crippen LogP contribution in [-0.2, 0) is 4.74 Å². The number of hydrogen-bond donors (Lipinski definition) is 1. The average molecular weight is 595 g/mol. The number of benzene rings is 1. The van der Waals surface area contributed by atoms with E-state index in [4.69, 9.17) is 26.3 Å². The molecule has 1 aromatic carbocycles. The van der Waals surface area contributed by atoms with E-state index in [1.165, 1.54) is 0 Å². The van der Waals surface area contributed by atoms with E-state index in [0.29, 0.717) is 41.3 Å². The smallest absolute Gasteiger partial charge is 0.410 e. The number of aromatic nitrogens is 2. The van der Waals surface area contributed by atoms with Crippen LogP contribution < -0.4 is 15.0 Å². The van der Waals surface area contributed by atoms with E-state index in [0.717, 1.165) is 18.9 Å². The Morgan fingerprint density at radius 3 is 2.19 bits per heavy atom. The van der Waals surface area contributed by atoms with E-state index in [1.807, 2.05) is 26.8 Å². The fourth-order valence-electron chi connectivity index (χ4n) is 7.07. The van der Waals surface area contributed by atoms with Gasteiger partial charge in [0, 0.05) is 61.0 Å². The Morgan fingerprint density at radius 1 is 1.02 bits per heavy atom. The number of nitrogens with zero attached hydrogens (tertiary/aromatic N) is 5. The van der Waals surface area contributed by atoms with Crippen molar-refractivity contribution in [3.05, 3.63) is 46.6 Å². The van der Waals surface area contributed by atoms with Crippen molar-refractivity contribution in [2.24, 2.45) is 22.7 Å². The minimum absolute atomic E-state index is 0.177. The number of nitriles is 1. The predicted octanol–water partition coefficient (Wildman–Crippen LogP) is 4.92. The molecule has 2 aliphatic heterocycles. The molecule has 0 spiro atoms. The van der Waals surface area contributed by atoms with Crippen molar-refractivity contribution >= 4 is 29.4 Å². The summed E-state index contributed by atoms with van der Waals surface area (Å²) in [7, 11) is 0. The van der Waals surface area contributed by atoms with Crippen LogP contribution in [-0.4, -0.2) is 71.0 Å². The van der Waals surface area contributed by atoms with Gasteiger partial charge in [-0.2, -0.15) is 5.26 Å². The molecule has 0 bridgehead atoms. The van der Waals surface area contributed by atoms with Crippen molar-refractivity contribution in [1.82, 2.24) is 20.4 Å². The number of halogens is 1. The maximum atomic E-state index is 13.2. The van der Waals surface area contributed by atoms with Crippen LogP contribution in [0.1, 0.15) is 64.5 Å². The molecule has 2 unspecified atom stereocenters. The molecule has 1 saturated carbocycles. The standard InChI is InChI=1S/C31H39ClN6O4/c1-29(2,3)42-28(40)38-16-19-14-37(15-20(19)17-38)24-11-10-23(35-36-24)25(39)34-26-30(4,5)27(31(26,6)7)41-21-9-8-18(13-33)22(32)12-21/h8-12,19-20,26-27H,14-17H2,1-7H3,(H,34,39). The number of nitrogens with one attached hydrogen (secondary N) is 1.